The Bertz CT molecular complexity index is 488. The minimum atomic E-state index is 0.118. The quantitative estimate of drug-likeness (QED) is 0.850. The fraction of sp³-hybridized carbons (Fsp3) is 0.429. The Balaban J connectivity index is 2.14. The zero-order valence-electron chi connectivity index (χ0n) is 11.2. The van der Waals surface area contributed by atoms with Gasteiger partial charge in [-0.15, -0.1) is 0 Å². The molecule has 4 heteroatoms. The largest absolute Gasteiger partial charge is 0.306 e. The summed E-state index contributed by atoms with van der Waals surface area (Å²) in [6.07, 6.45) is 1.07. The number of nitrogens with zero attached hydrogens (tertiary/aromatic N) is 2. The van der Waals surface area contributed by atoms with E-state index >= 15 is 0 Å². The van der Waals surface area contributed by atoms with E-state index in [0.29, 0.717) is 0 Å². The summed E-state index contributed by atoms with van der Waals surface area (Å²) in [4.78, 5) is 0. The highest BCUT2D eigenvalue weighted by Gasteiger charge is 2.16. The van der Waals surface area contributed by atoms with Crippen LogP contribution >= 0.6 is 0 Å². The van der Waals surface area contributed by atoms with Crippen molar-refractivity contribution in [1.29, 1.82) is 0 Å². The first-order chi connectivity index (χ1) is 8.62. The lowest BCUT2D eigenvalue weighted by Crippen LogP contribution is -2.38. The highest BCUT2D eigenvalue weighted by atomic mass is 15.3. The standard InChI is InChI=1S/C14H20N4/c1-4-14(2,3)15-10-12-13(17-18-16-12)11-8-6-5-7-9-11/h5-9,15H,4,10H2,1-3H3,(H,16,17,18). The zero-order chi connectivity index (χ0) is 13.0. The van der Waals surface area contributed by atoms with E-state index in [9.17, 15) is 0 Å². The van der Waals surface area contributed by atoms with Crippen molar-refractivity contribution in [2.75, 3.05) is 0 Å². The van der Waals surface area contributed by atoms with Crippen molar-refractivity contribution in [3.63, 3.8) is 0 Å². The summed E-state index contributed by atoms with van der Waals surface area (Å²) in [5.41, 5.74) is 3.10. The number of aromatic amines is 1. The molecule has 0 radical (unpaired) electrons. The van der Waals surface area contributed by atoms with Crippen molar-refractivity contribution < 1.29 is 0 Å². The van der Waals surface area contributed by atoms with Gasteiger partial charge in [0.15, 0.2) is 0 Å². The first kappa shape index (κ1) is 12.8. The number of rotatable bonds is 5. The highest BCUT2D eigenvalue weighted by molar-refractivity contribution is 5.60. The van der Waals surface area contributed by atoms with Gasteiger partial charge in [-0.1, -0.05) is 37.3 Å². The fourth-order valence-electron chi connectivity index (χ4n) is 1.65. The second-order valence-corrected chi connectivity index (χ2v) is 5.08. The molecule has 0 fully saturated rings. The molecule has 0 aliphatic rings. The van der Waals surface area contributed by atoms with Crippen LogP contribution in [0.2, 0.25) is 0 Å². The molecule has 0 amide bonds. The number of hydrogen-bond acceptors (Lipinski definition) is 3. The Morgan fingerprint density at radius 1 is 1.17 bits per heavy atom. The third kappa shape index (κ3) is 2.96. The summed E-state index contributed by atoms with van der Waals surface area (Å²) >= 11 is 0. The van der Waals surface area contributed by atoms with Crippen molar-refractivity contribution in [3.8, 4) is 11.3 Å². The summed E-state index contributed by atoms with van der Waals surface area (Å²) in [5.74, 6) is 0. The van der Waals surface area contributed by atoms with E-state index in [4.69, 9.17) is 0 Å². The molecule has 2 N–H and O–H groups in total. The topological polar surface area (TPSA) is 53.6 Å². The molecule has 0 aliphatic heterocycles. The van der Waals surface area contributed by atoms with E-state index in [2.05, 4.69) is 41.5 Å². The van der Waals surface area contributed by atoms with Gasteiger partial charge in [-0.25, -0.2) is 0 Å². The van der Waals surface area contributed by atoms with E-state index in [1.165, 1.54) is 0 Å². The smallest absolute Gasteiger partial charge is 0.117 e. The fourth-order valence-corrected chi connectivity index (χ4v) is 1.65. The Morgan fingerprint density at radius 2 is 1.89 bits per heavy atom. The average Bonchev–Trinajstić information content (AvgIpc) is 2.86. The van der Waals surface area contributed by atoms with Gasteiger partial charge in [0.1, 0.15) is 11.4 Å². The molecule has 0 saturated heterocycles. The van der Waals surface area contributed by atoms with Crippen LogP contribution in [0.3, 0.4) is 0 Å². The number of aromatic nitrogens is 3. The lowest BCUT2D eigenvalue weighted by Gasteiger charge is -2.24. The third-order valence-electron chi connectivity index (χ3n) is 3.29. The molecule has 4 nitrogen and oxygen atoms in total. The molecule has 2 rings (SSSR count). The Labute approximate surface area is 108 Å². The average molecular weight is 244 g/mol. The molecule has 0 aliphatic carbocycles. The summed E-state index contributed by atoms with van der Waals surface area (Å²) < 4.78 is 0. The van der Waals surface area contributed by atoms with Gasteiger partial charge in [0, 0.05) is 17.6 Å². The van der Waals surface area contributed by atoms with Gasteiger partial charge in [-0.05, 0) is 20.3 Å². The maximum Gasteiger partial charge on any atom is 0.117 e. The number of hydrogen-bond donors (Lipinski definition) is 2. The summed E-state index contributed by atoms with van der Waals surface area (Å²) in [6.45, 7) is 7.28. The van der Waals surface area contributed by atoms with Crippen molar-refractivity contribution in [1.82, 2.24) is 20.7 Å². The molecule has 1 aromatic heterocycles. The van der Waals surface area contributed by atoms with Gasteiger partial charge in [-0.3, -0.25) is 0 Å². The van der Waals surface area contributed by atoms with E-state index in [1.54, 1.807) is 0 Å². The van der Waals surface area contributed by atoms with Gasteiger partial charge in [0.05, 0.1) is 0 Å². The van der Waals surface area contributed by atoms with Crippen LogP contribution in [0.5, 0.6) is 0 Å². The second-order valence-electron chi connectivity index (χ2n) is 5.08. The molecular weight excluding hydrogens is 224 g/mol. The van der Waals surface area contributed by atoms with Crippen LogP contribution in [0.4, 0.5) is 0 Å². The normalized spacial score (nSPS) is 11.7. The van der Waals surface area contributed by atoms with Gasteiger partial charge >= 0.3 is 0 Å². The molecule has 0 saturated carbocycles. The Kier molecular flexibility index (Phi) is 3.77. The Morgan fingerprint density at radius 3 is 2.56 bits per heavy atom. The van der Waals surface area contributed by atoms with Crippen molar-refractivity contribution in [3.05, 3.63) is 36.0 Å². The van der Waals surface area contributed by atoms with Gasteiger partial charge < -0.3 is 5.32 Å². The van der Waals surface area contributed by atoms with Gasteiger partial charge in [0.25, 0.3) is 0 Å². The van der Waals surface area contributed by atoms with E-state index in [-0.39, 0.29) is 5.54 Å². The van der Waals surface area contributed by atoms with Crippen molar-refractivity contribution in [2.24, 2.45) is 0 Å². The van der Waals surface area contributed by atoms with Crippen LogP contribution in [0.1, 0.15) is 32.9 Å². The molecule has 0 unspecified atom stereocenters. The first-order valence-electron chi connectivity index (χ1n) is 6.32. The third-order valence-corrected chi connectivity index (χ3v) is 3.29. The van der Waals surface area contributed by atoms with E-state index in [0.717, 1.165) is 29.9 Å². The first-order valence-corrected chi connectivity index (χ1v) is 6.32. The number of benzene rings is 1. The van der Waals surface area contributed by atoms with Crippen LogP contribution in [-0.4, -0.2) is 20.9 Å². The molecule has 2 aromatic rings. The molecule has 0 atom stereocenters. The summed E-state index contributed by atoms with van der Waals surface area (Å²) in [5, 5.41) is 14.7. The molecule has 0 spiro atoms. The van der Waals surface area contributed by atoms with E-state index in [1.807, 2.05) is 30.3 Å². The van der Waals surface area contributed by atoms with Gasteiger partial charge in [0.2, 0.25) is 0 Å². The van der Waals surface area contributed by atoms with Crippen LogP contribution in [0.15, 0.2) is 30.3 Å². The second kappa shape index (κ2) is 5.31. The summed E-state index contributed by atoms with van der Waals surface area (Å²) in [7, 11) is 0. The number of H-pyrrole nitrogens is 1. The molecule has 96 valence electrons. The Hall–Kier alpha value is -1.68. The monoisotopic (exact) mass is 244 g/mol. The molecule has 1 aromatic carbocycles. The SMILES string of the molecule is CCC(C)(C)NCc1n[nH]nc1-c1ccccc1. The van der Waals surface area contributed by atoms with Crippen LogP contribution < -0.4 is 5.32 Å². The maximum absolute atomic E-state index is 4.24. The zero-order valence-corrected chi connectivity index (χ0v) is 11.2. The predicted octanol–water partition coefficient (Wildman–Crippen LogP) is 2.75. The van der Waals surface area contributed by atoms with E-state index < -0.39 is 0 Å². The molecule has 0 bridgehead atoms. The lowest BCUT2D eigenvalue weighted by atomic mass is 10.0. The predicted molar refractivity (Wildman–Crippen MR) is 73.0 cm³/mol. The molecule has 1 heterocycles. The van der Waals surface area contributed by atoms with Gasteiger partial charge in [-0.2, -0.15) is 15.4 Å². The van der Waals surface area contributed by atoms with Crippen LogP contribution in [0.25, 0.3) is 11.3 Å². The van der Waals surface area contributed by atoms with Crippen molar-refractivity contribution in [2.45, 2.75) is 39.3 Å². The van der Waals surface area contributed by atoms with Crippen molar-refractivity contribution >= 4 is 0 Å². The minimum absolute atomic E-state index is 0.118. The minimum Gasteiger partial charge on any atom is -0.306 e. The van der Waals surface area contributed by atoms with Crippen LogP contribution in [0, 0.1) is 0 Å². The maximum atomic E-state index is 4.24. The number of nitrogens with one attached hydrogen (secondary N) is 2. The van der Waals surface area contributed by atoms with Crippen LogP contribution in [-0.2, 0) is 6.54 Å². The summed E-state index contributed by atoms with van der Waals surface area (Å²) in [6, 6.07) is 10.1. The molecular formula is C14H20N4. The highest BCUT2D eigenvalue weighted by Crippen LogP contribution is 2.19. The molecule has 18 heavy (non-hydrogen) atoms. The lowest BCUT2D eigenvalue weighted by molar-refractivity contribution is 0.372.